The molecule has 1 aliphatic rings. The summed E-state index contributed by atoms with van der Waals surface area (Å²) in [6.07, 6.45) is 0.645. The summed E-state index contributed by atoms with van der Waals surface area (Å²) in [7, 11) is 5.64. The minimum Gasteiger partial charge on any atom is -0.495 e. The number of rotatable bonds is 7. The smallest absolute Gasteiger partial charge is 0.339 e. The Morgan fingerprint density at radius 2 is 1.93 bits per heavy atom. The average molecular weight is 436 g/mol. The summed E-state index contributed by atoms with van der Waals surface area (Å²) in [4.78, 5) is 31.7. The number of likely N-dealkylation sites (N-methyl/N-ethyl adjacent to an activating group) is 1. The van der Waals surface area contributed by atoms with E-state index >= 15 is 0 Å². The normalized spacial score (nSPS) is 15.2. The Labute approximate surface area is 182 Å². The van der Waals surface area contributed by atoms with Crippen LogP contribution in [0, 0.1) is 6.92 Å². The van der Waals surface area contributed by atoms with E-state index in [1.807, 2.05) is 11.8 Å². The van der Waals surface area contributed by atoms with Gasteiger partial charge in [0.1, 0.15) is 11.3 Å². The lowest BCUT2D eigenvalue weighted by atomic mass is 10.0. The molecule has 1 aromatic heterocycles. The zero-order valence-corrected chi connectivity index (χ0v) is 18.9. The Hall–Kier alpha value is -2.09. The first-order valence-electron chi connectivity index (χ1n) is 10.2. The molecule has 0 unspecified atom stereocenters. The highest BCUT2D eigenvalue weighted by Crippen LogP contribution is 2.31. The number of methoxy groups -OCH3 is 1. The summed E-state index contributed by atoms with van der Waals surface area (Å²) in [5.41, 5.74) is 1.35. The minimum absolute atomic E-state index is 0.0777. The molecule has 164 valence electrons. The Morgan fingerprint density at radius 1 is 1.23 bits per heavy atom. The zero-order valence-electron chi connectivity index (χ0n) is 18.2. The van der Waals surface area contributed by atoms with Crippen LogP contribution in [0.15, 0.2) is 21.3 Å². The van der Waals surface area contributed by atoms with Gasteiger partial charge < -0.3 is 19.0 Å². The molecule has 30 heavy (non-hydrogen) atoms. The van der Waals surface area contributed by atoms with Crippen LogP contribution < -0.4 is 10.4 Å². The third-order valence-electron chi connectivity index (χ3n) is 5.74. The standard InChI is InChI=1S/C22H30ClN3O4/c1-15-16(22(28)30-19-14-20(29-4)18(23)13-17(15)19)5-6-21(27)26-11-9-25(10-12-26)8-7-24(2)3/h13-14H,5-12H2,1-4H3. The fraction of sp³-hybridized carbons (Fsp3) is 0.545. The van der Waals surface area contributed by atoms with E-state index in [1.165, 1.54) is 7.11 Å². The molecule has 0 saturated carbocycles. The Morgan fingerprint density at radius 3 is 2.57 bits per heavy atom. The zero-order chi connectivity index (χ0) is 21.8. The average Bonchev–Trinajstić information content (AvgIpc) is 2.72. The van der Waals surface area contributed by atoms with Crippen molar-refractivity contribution in [2.75, 3.05) is 60.5 Å². The van der Waals surface area contributed by atoms with Gasteiger partial charge in [0.05, 0.1) is 12.1 Å². The quantitative estimate of drug-likeness (QED) is 0.622. The van der Waals surface area contributed by atoms with Gasteiger partial charge in [-0.1, -0.05) is 11.6 Å². The van der Waals surface area contributed by atoms with Crippen molar-refractivity contribution in [1.29, 1.82) is 0 Å². The molecule has 0 aliphatic carbocycles. The third-order valence-corrected chi connectivity index (χ3v) is 6.03. The molecule has 1 amide bonds. The van der Waals surface area contributed by atoms with Gasteiger partial charge in [0.15, 0.2) is 0 Å². The van der Waals surface area contributed by atoms with Crippen LogP contribution in [0.2, 0.25) is 5.02 Å². The van der Waals surface area contributed by atoms with Crippen molar-refractivity contribution in [2.24, 2.45) is 0 Å². The summed E-state index contributed by atoms with van der Waals surface area (Å²) < 4.78 is 10.7. The highest BCUT2D eigenvalue weighted by Gasteiger charge is 2.22. The molecule has 0 bridgehead atoms. The summed E-state index contributed by atoms with van der Waals surface area (Å²) in [5.74, 6) is 0.535. The second kappa shape index (κ2) is 9.81. The Balaban J connectivity index is 1.64. The number of aryl methyl sites for hydroxylation is 1. The maximum Gasteiger partial charge on any atom is 0.339 e. The molecule has 0 spiro atoms. The largest absolute Gasteiger partial charge is 0.495 e. The van der Waals surface area contributed by atoms with Gasteiger partial charge in [-0.15, -0.1) is 0 Å². The number of benzene rings is 1. The van der Waals surface area contributed by atoms with Crippen molar-refractivity contribution in [3.8, 4) is 5.75 Å². The van der Waals surface area contributed by atoms with E-state index in [4.69, 9.17) is 20.8 Å². The van der Waals surface area contributed by atoms with Crippen molar-refractivity contribution in [3.63, 3.8) is 0 Å². The van der Waals surface area contributed by atoms with Crippen LogP contribution in [-0.2, 0) is 11.2 Å². The maximum absolute atomic E-state index is 12.7. The molecule has 7 nitrogen and oxygen atoms in total. The lowest BCUT2D eigenvalue weighted by Crippen LogP contribution is -2.50. The maximum atomic E-state index is 12.7. The highest BCUT2D eigenvalue weighted by atomic mass is 35.5. The number of hydrogen-bond acceptors (Lipinski definition) is 6. The Bertz CT molecular complexity index is 965. The molecule has 8 heteroatoms. The number of piperazine rings is 1. The lowest BCUT2D eigenvalue weighted by Gasteiger charge is -2.35. The van der Waals surface area contributed by atoms with E-state index in [0.29, 0.717) is 34.8 Å². The van der Waals surface area contributed by atoms with Crippen molar-refractivity contribution < 1.29 is 13.9 Å². The van der Waals surface area contributed by atoms with Crippen molar-refractivity contribution in [3.05, 3.63) is 38.7 Å². The van der Waals surface area contributed by atoms with Crippen LogP contribution >= 0.6 is 11.6 Å². The number of fused-ring (bicyclic) bond motifs is 1. The first-order valence-corrected chi connectivity index (χ1v) is 10.6. The fourth-order valence-electron chi connectivity index (χ4n) is 3.79. The van der Waals surface area contributed by atoms with Crippen LogP contribution in [0.4, 0.5) is 0 Å². The van der Waals surface area contributed by atoms with E-state index in [-0.39, 0.29) is 5.91 Å². The predicted octanol–water partition coefficient (Wildman–Crippen LogP) is 2.40. The molecule has 2 aromatic rings. The SMILES string of the molecule is COc1cc2oc(=O)c(CCC(=O)N3CCN(CCN(C)C)CC3)c(C)c2cc1Cl. The summed E-state index contributed by atoms with van der Waals surface area (Å²) >= 11 is 6.24. The molecule has 1 fully saturated rings. The first-order chi connectivity index (χ1) is 14.3. The van der Waals surface area contributed by atoms with Crippen molar-refractivity contribution >= 4 is 28.5 Å². The van der Waals surface area contributed by atoms with Gasteiger partial charge in [-0.05, 0) is 39.1 Å². The number of carbonyl (C=O) groups is 1. The van der Waals surface area contributed by atoms with Gasteiger partial charge in [0.25, 0.3) is 0 Å². The monoisotopic (exact) mass is 435 g/mol. The van der Waals surface area contributed by atoms with E-state index in [0.717, 1.165) is 50.2 Å². The van der Waals surface area contributed by atoms with Crippen molar-refractivity contribution in [1.82, 2.24) is 14.7 Å². The number of carbonyl (C=O) groups excluding carboxylic acids is 1. The fourth-order valence-corrected chi connectivity index (χ4v) is 4.03. The van der Waals surface area contributed by atoms with E-state index < -0.39 is 5.63 Å². The molecule has 2 heterocycles. The first kappa shape index (κ1) is 22.6. The molecule has 1 saturated heterocycles. The Kier molecular flexibility index (Phi) is 7.39. The van der Waals surface area contributed by atoms with Crippen LogP contribution in [0.1, 0.15) is 17.5 Å². The van der Waals surface area contributed by atoms with Gasteiger partial charge in [0.2, 0.25) is 5.91 Å². The molecule has 3 rings (SSSR count). The number of nitrogens with zero attached hydrogens (tertiary/aromatic N) is 3. The van der Waals surface area contributed by atoms with Crippen LogP contribution in [0.3, 0.4) is 0 Å². The second-order valence-electron chi connectivity index (χ2n) is 8.00. The summed E-state index contributed by atoms with van der Waals surface area (Å²) in [5, 5.41) is 1.22. The molecule has 1 aliphatic heterocycles. The topological polar surface area (TPSA) is 66.2 Å². The van der Waals surface area contributed by atoms with Crippen LogP contribution in [-0.4, -0.2) is 81.1 Å². The molecule has 0 atom stereocenters. The van der Waals surface area contributed by atoms with Gasteiger partial charge >= 0.3 is 5.63 Å². The minimum atomic E-state index is -0.411. The highest BCUT2D eigenvalue weighted by molar-refractivity contribution is 6.32. The number of ether oxygens (including phenoxy) is 1. The van der Waals surface area contributed by atoms with Gasteiger partial charge in [-0.25, -0.2) is 4.79 Å². The second-order valence-corrected chi connectivity index (χ2v) is 8.41. The van der Waals surface area contributed by atoms with E-state index in [1.54, 1.807) is 12.1 Å². The molecular formula is C22H30ClN3O4. The van der Waals surface area contributed by atoms with E-state index in [9.17, 15) is 9.59 Å². The van der Waals surface area contributed by atoms with Crippen LogP contribution in [0.5, 0.6) is 5.75 Å². The number of halogens is 1. The molecule has 1 aromatic carbocycles. The predicted molar refractivity (Wildman–Crippen MR) is 119 cm³/mol. The van der Waals surface area contributed by atoms with Crippen LogP contribution in [0.25, 0.3) is 11.0 Å². The molecule has 0 radical (unpaired) electrons. The van der Waals surface area contributed by atoms with Gasteiger partial charge in [0, 0.05) is 62.7 Å². The van der Waals surface area contributed by atoms with Gasteiger partial charge in [-0.3, -0.25) is 9.69 Å². The number of hydrogen-bond donors (Lipinski definition) is 0. The summed E-state index contributed by atoms with van der Waals surface area (Å²) in [6, 6.07) is 3.36. The van der Waals surface area contributed by atoms with E-state index in [2.05, 4.69) is 23.9 Å². The number of amides is 1. The third kappa shape index (κ3) is 5.14. The molecule has 0 N–H and O–H groups in total. The summed E-state index contributed by atoms with van der Waals surface area (Å²) in [6.45, 7) is 7.13. The lowest BCUT2D eigenvalue weighted by molar-refractivity contribution is -0.132. The van der Waals surface area contributed by atoms with Gasteiger partial charge in [-0.2, -0.15) is 0 Å². The van der Waals surface area contributed by atoms with Crippen molar-refractivity contribution in [2.45, 2.75) is 19.8 Å². The molecular weight excluding hydrogens is 406 g/mol.